The molecule has 3 aromatic rings. The second-order valence-corrected chi connectivity index (χ2v) is 7.54. The summed E-state index contributed by atoms with van der Waals surface area (Å²) in [6.45, 7) is 2.42. The van der Waals surface area contributed by atoms with E-state index in [4.69, 9.17) is 19.2 Å². The zero-order chi connectivity index (χ0) is 21.5. The minimum atomic E-state index is 0.339. The topological polar surface area (TPSA) is 74.5 Å². The lowest BCUT2D eigenvalue weighted by Crippen LogP contribution is -2.34. The van der Waals surface area contributed by atoms with Gasteiger partial charge in [-0.15, -0.1) is 0 Å². The predicted molar refractivity (Wildman–Crippen MR) is 118 cm³/mol. The van der Waals surface area contributed by atoms with E-state index in [-0.39, 0.29) is 0 Å². The van der Waals surface area contributed by atoms with Crippen molar-refractivity contribution in [2.24, 2.45) is 0 Å². The van der Waals surface area contributed by atoms with Gasteiger partial charge in [0, 0.05) is 31.7 Å². The van der Waals surface area contributed by atoms with Crippen LogP contribution in [0.3, 0.4) is 0 Å². The second-order valence-electron chi connectivity index (χ2n) is 7.54. The summed E-state index contributed by atoms with van der Waals surface area (Å²) in [6, 6.07) is 8.37. The van der Waals surface area contributed by atoms with Crippen LogP contribution in [0.1, 0.15) is 24.8 Å². The van der Waals surface area contributed by atoms with Crippen molar-refractivity contribution < 1.29 is 14.2 Å². The first kappa shape index (κ1) is 21.1. The molecule has 3 heterocycles. The molecule has 31 heavy (non-hydrogen) atoms. The summed E-state index contributed by atoms with van der Waals surface area (Å²) < 4.78 is 18.5. The van der Waals surface area contributed by atoms with Crippen LogP contribution < -0.4 is 14.4 Å². The Kier molecular flexibility index (Phi) is 6.99. The number of hydrogen-bond donors (Lipinski definition) is 0. The molecule has 0 radical (unpaired) electrons. The lowest BCUT2D eigenvalue weighted by Gasteiger charge is -2.25. The van der Waals surface area contributed by atoms with Crippen LogP contribution in [0, 0.1) is 0 Å². The number of hydrogen-bond acceptors (Lipinski definition) is 7. The average Bonchev–Trinajstić information content (AvgIpc) is 3.51. The number of anilines is 1. The lowest BCUT2D eigenvalue weighted by molar-refractivity contribution is 0.119. The summed E-state index contributed by atoms with van der Waals surface area (Å²) in [5.41, 5.74) is 1.22. The molecule has 164 valence electrons. The largest absolute Gasteiger partial charge is 0.493 e. The van der Waals surface area contributed by atoms with Crippen molar-refractivity contribution >= 4 is 5.82 Å². The van der Waals surface area contributed by atoms with Crippen LogP contribution in [0.2, 0.25) is 0 Å². The number of benzene rings is 1. The van der Waals surface area contributed by atoms with E-state index in [1.54, 1.807) is 32.9 Å². The quantitative estimate of drug-likeness (QED) is 0.463. The Labute approximate surface area is 182 Å². The van der Waals surface area contributed by atoms with Crippen LogP contribution in [0.4, 0.5) is 5.82 Å². The van der Waals surface area contributed by atoms with E-state index in [1.165, 1.54) is 5.56 Å². The first-order valence-corrected chi connectivity index (χ1v) is 10.6. The molecule has 0 spiro atoms. The summed E-state index contributed by atoms with van der Waals surface area (Å²) in [5.74, 6) is 3.10. The van der Waals surface area contributed by atoms with Gasteiger partial charge < -0.3 is 19.1 Å². The molecule has 8 heteroatoms. The van der Waals surface area contributed by atoms with E-state index in [1.807, 2.05) is 29.0 Å². The van der Waals surface area contributed by atoms with Crippen LogP contribution in [0.5, 0.6) is 11.5 Å². The first-order valence-electron chi connectivity index (χ1n) is 10.6. The smallest absolute Gasteiger partial charge is 0.236 e. The van der Waals surface area contributed by atoms with Gasteiger partial charge in [0.2, 0.25) is 5.95 Å². The molecular formula is C23H29N5O3. The summed E-state index contributed by atoms with van der Waals surface area (Å²) in [4.78, 5) is 15.5. The van der Waals surface area contributed by atoms with Gasteiger partial charge >= 0.3 is 0 Å². The number of nitrogens with zero attached hydrogens (tertiary/aromatic N) is 5. The molecule has 1 aromatic carbocycles. The first-order chi connectivity index (χ1) is 15.3. The SMILES string of the molecule is COc1ccc(CCCOC[C@H]2CCCN2c2ccnc(-n3ccnc3)n2)cc1OC. The number of methoxy groups -OCH3 is 2. The molecular weight excluding hydrogens is 394 g/mol. The van der Waals surface area contributed by atoms with Gasteiger partial charge in [-0.1, -0.05) is 6.07 Å². The van der Waals surface area contributed by atoms with Gasteiger partial charge in [0.25, 0.3) is 0 Å². The highest BCUT2D eigenvalue weighted by atomic mass is 16.5. The van der Waals surface area contributed by atoms with E-state index in [0.717, 1.165) is 56.2 Å². The Hall–Kier alpha value is -3.13. The van der Waals surface area contributed by atoms with Crippen molar-refractivity contribution in [3.63, 3.8) is 0 Å². The highest BCUT2D eigenvalue weighted by Crippen LogP contribution is 2.28. The van der Waals surface area contributed by atoms with Gasteiger partial charge in [0.1, 0.15) is 12.1 Å². The fourth-order valence-corrected chi connectivity index (χ4v) is 3.95. The number of aryl methyl sites for hydroxylation is 1. The minimum absolute atomic E-state index is 0.339. The Morgan fingerprint density at radius 1 is 1.10 bits per heavy atom. The van der Waals surface area contributed by atoms with Crippen LogP contribution >= 0.6 is 0 Å². The Morgan fingerprint density at radius 2 is 2.00 bits per heavy atom. The molecule has 0 unspecified atom stereocenters. The molecule has 1 atom stereocenters. The zero-order valence-electron chi connectivity index (χ0n) is 18.1. The molecule has 0 bridgehead atoms. The minimum Gasteiger partial charge on any atom is -0.493 e. The van der Waals surface area contributed by atoms with E-state index >= 15 is 0 Å². The average molecular weight is 424 g/mol. The van der Waals surface area contributed by atoms with Crippen molar-refractivity contribution in [3.05, 3.63) is 54.7 Å². The monoisotopic (exact) mass is 423 g/mol. The summed E-state index contributed by atoms with van der Waals surface area (Å²) >= 11 is 0. The van der Waals surface area contributed by atoms with Gasteiger partial charge in [0.15, 0.2) is 11.5 Å². The van der Waals surface area contributed by atoms with E-state index in [9.17, 15) is 0 Å². The van der Waals surface area contributed by atoms with E-state index < -0.39 is 0 Å². The Balaban J connectivity index is 1.27. The van der Waals surface area contributed by atoms with Crippen LogP contribution in [-0.4, -0.2) is 59.5 Å². The van der Waals surface area contributed by atoms with E-state index in [0.29, 0.717) is 18.6 Å². The Morgan fingerprint density at radius 3 is 2.81 bits per heavy atom. The fraction of sp³-hybridized carbons (Fsp3) is 0.435. The fourth-order valence-electron chi connectivity index (χ4n) is 3.95. The molecule has 1 fully saturated rings. The van der Waals surface area contributed by atoms with Crippen molar-refractivity contribution in [1.29, 1.82) is 0 Å². The molecule has 2 aromatic heterocycles. The van der Waals surface area contributed by atoms with Crippen LogP contribution in [-0.2, 0) is 11.2 Å². The van der Waals surface area contributed by atoms with Crippen molar-refractivity contribution in [3.8, 4) is 17.4 Å². The van der Waals surface area contributed by atoms with Crippen molar-refractivity contribution in [1.82, 2.24) is 19.5 Å². The summed E-state index contributed by atoms with van der Waals surface area (Å²) in [6.07, 6.45) is 11.2. The number of rotatable bonds is 10. The van der Waals surface area contributed by atoms with Gasteiger partial charge in [-0.2, -0.15) is 4.98 Å². The maximum Gasteiger partial charge on any atom is 0.236 e. The normalized spacial score (nSPS) is 15.9. The van der Waals surface area contributed by atoms with Crippen LogP contribution in [0.25, 0.3) is 5.95 Å². The number of ether oxygens (including phenoxy) is 3. The highest BCUT2D eigenvalue weighted by molar-refractivity contribution is 5.43. The van der Waals surface area contributed by atoms with E-state index in [2.05, 4.69) is 20.9 Å². The highest BCUT2D eigenvalue weighted by Gasteiger charge is 2.26. The summed E-state index contributed by atoms with van der Waals surface area (Å²) in [7, 11) is 3.31. The summed E-state index contributed by atoms with van der Waals surface area (Å²) in [5, 5.41) is 0. The molecule has 8 nitrogen and oxygen atoms in total. The lowest BCUT2D eigenvalue weighted by atomic mass is 10.1. The molecule has 1 aliphatic rings. The third-order valence-corrected chi connectivity index (χ3v) is 5.55. The van der Waals surface area contributed by atoms with Crippen LogP contribution in [0.15, 0.2) is 49.2 Å². The molecule has 0 saturated carbocycles. The second kappa shape index (κ2) is 10.3. The van der Waals surface area contributed by atoms with Gasteiger partial charge in [-0.25, -0.2) is 9.97 Å². The standard InChI is InChI=1S/C23H29N5O3/c1-29-20-8-7-18(15-21(20)30-2)5-4-14-31-16-19-6-3-12-28(19)22-9-10-25-23(26-22)27-13-11-24-17-27/h7-11,13,15,17,19H,3-6,12,14,16H2,1-2H3/t19-/m1/s1. The van der Waals surface area contributed by atoms with Crippen molar-refractivity contribution in [2.75, 3.05) is 38.9 Å². The zero-order valence-corrected chi connectivity index (χ0v) is 18.1. The molecule has 0 aliphatic carbocycles. The van der Waals surface area contributed by atoms with Gasteiger partial charge in [-0.05, 0) is 49.4 Å². The maximum absolute atomic E-state index is 6.04. The third kappa shape index (κ3) is 5.14. The maximum atomic E-state index is 6.04. The number of aromatic nitrogens is 4. The van der Waals surface area contributed by atoms with Gasteiger partial charge in [0.05, 0.1) is 26.9 Å². The Bertz CT molecular complexity index is 964. The molecule has 0 N–H and O–H groups in total. The molecule has 0 amide bonds. The van der Waals surface area contributed by atoms with Crippen molar-refractivity contribution in [2.45, 2.75) is 31.7 Å². The number of imidazole rings is 1. The third-order valence-electron chi connectivity index (χ3n) is 5.55. The molecule has 1 aliphatic heterocycles. The van der Waals surface area contributed by atoms with Gasteiger partial charge in [-0.3, -0.25) is 4.57 Å². The molecule has 4 rings (SSSR count). The molecule has 1 saturated heterocycles. The predicted octanol–water partition coefficient (Wildman–Crippen LogP) is 3.30.